The van der Waals surface area contributed by atoms with Gasteiger partial charge in [0.1, 0.15) is 0 Å². The molecular formula is C16H21NO3S. The molecule has 0 saturated heterocycles. The van der Waals surface area contributed by atoms with Crippen molar-refractivity contribution in [1.29, 1.82) is 0 Å². The SMILES string of the molecule is COc1ccc(CN(C)Cc2ccsc2)c(OC)c1OC. The molecule has 5 heteroatoms. The summed E-state index contributed by atoms with van der Waals surface area (Å²) in [5.41, 5.74) is 2.40. The normalized spacial score (nSPS) is 10.7. The number of nitrogens with zero attached hydrogens (tertiary/aromatic N) is 1. The number of benzene rings is 1. The summed E-state index contributed by atoms with van der Waals surface area (Å²) < 4.78 is 16.2. The maximum atomic E-state index is 5.52. The predicted octanol–water partition coefficient (Wildman–Crippen LogP) is 3.41. The minimum atomic E-state index is 0.640. The minimum Gasteiger partial charge on any atom is -0.493 e. The molecule has 0 aliphatic carbocycles. The Hall–Kier alpha value is -1.72. The van der Waals surface area contributed by atoms with Gasteiger partial charge in [-0.05, 0) is 35.5 Å². The van der Waals surface area contributed by atoms with Gasteiger partial charge in [-0.25, -0.2) is 0 Å². The zero-order valence-corrected chi connectivity index (χ0v) is 13.7. The predicted molar refractivity (Wildman–Crippen MR) is 85.6 cm³/mol. The van der Waals surface area contributed by atoms with Crippen molar-refractivity contribution < 1.29 is 14.2 Å². The van der Waals surface area contributed by atoms with Crippen LogP contribution in [0, 0.1) is 0 Å². The van der Waals surface area contributed by atoms with E-state index in [1.54, 1.807) is 32.7 Å². The second kappa shape index (κ2) is 7.33. The Balaban J connectivity index is 2.19. The maximum Gasteiger partial charge on any atom is 0.203 e. The van der Waals surface area contributed by atoms with Crippen LogP contribution in [0.2, 0.25) is 0 Å². The summed E-state index contributed by atoms with van der Waals surface area (Å²) in [6.45, 7) is 1.68. The summed E-state index contributed by atoms with van der Waals surface area (Å²) in [5, 5.41) is 4.27. The molecule has 0 radical (unpaired) electrons. The third kappa shape index (κ3) is 3.68. The fourth-order valence-corrected chi connectivity index (χ4v) is 2.99. The molecule has 1 heterocycles. The summed E-state index contributed by atoms with van der Waals surface area (Å²) in [5.74, 6) is 2.05. The van der Waals surface area contributed by atoms with Gasteiger partial charge in [-0.3, -0.25) is 4.90 Å². The van der Waals surface area contributed by atoms with Gasteiger partial charge >= 0.3 is 0 Å². The molecule has 114 valence electrons. The first-order chi connectivity index (χ1) is 10.2. The van der Waals surface area contributed by atoms with E-state index in [9.17, 15) is 0 Å². The minimum absolute atomic E-state index is 0.640. The van der Waals surface area contributed by atoms with Crippen molar-refractivity contribution >= 4 is 11.3 Å². The number of hydrogen-bond donors (Lipinski definition) is 0. The third-order valence-electron chi connectivity index (χ3n) is 3.26. The standard InChI is InChI=1S/C16H21NO3S/c1-17(9-12-7-8-21-11-12)10-13-5-6-14(18-2)16(20-4)15(13)19-3/h5-8,11H,9-10H2,1-4H3. The smallest absolute Gasteiger partial charge is 0.203 e. The zero-order chi connectivity index (χ0) is 15.2. The first-order valence-electron chi connectivity index (χ1n) is 6.67. The van der Waals surface area contributed by atoms with Crippen LogP contribution in [0.15, 0.2) is 29.0 Å². The topological polar surface area (TPSA) is 30.9 Å². The summed E-state index contributed by atoms with van der Waals surface area (Å²) in [7, 11) is 6.99. The molecule has 0 bridgehead atoms. The van der Waals surface area contributed by atoms with Crippen molar-refractivity contribution in [1.82, 2.24) is 4.90 Å². The van der Waals surface area contributed by atoms with Crippen LogP contribution < -0.4 is 14.2 Å². The van der Waals surface area contributed by atoms with Crippen LogP contribution >= 0.6 is 11.3 Å². The van der Waals surface area contributed by atoms with Crippen LogP contribution in [0.3, 0.4) is 0 Å². The molecule has 21 heavy (non-hydrogen) atoms. The van der Waals surface area contributed by atoms with Gasteiger partial charge in [0.05, 0.1) is 21.3 Å². The Morgan fingerprint density at radius 1 is 0.952 bits per heavy atom. The molecule has 0 spiro atoms. The van der Waals surface area contributed by atoms with Crippen LogP contribution in [0.25, 0.3) is 0 Å². The van der Waals surface area contributed by atoms with E-state index < -0.39 is 0 Å². The molecule has 2 aromatic rings. The Labute approximate surface area is 129 Å². The van der Waals surface area contributed by atoms with Crippen molar-refractivity contribution in [3.63, 3.8) is 0 Å². The lowest BCUT2D eigenvalue weighted by Crippen LogP contribution is -2.17. The molecule has 1 aromatic carbocycles. The van der Waals surface area contributed by atoms with Gasteiger partial charge in [0.25, 0.3) is 0 Å². The van der Waals surface area contributed by atoms with Gasteiger partial charge < -0.3 is 14.2 Å². The highest BCUT2D eigenvalue weighted by Gasteiger charge is 2.16. The van der Waals surface area contributed by atoms with Gasteiger partial charge in [0.15, 0.2) is 11.5 Å². The lowest BCUT2D eigenvalue weighted by atomic mass is 10.1. The first-order valence-corrected chi connectivity index (χ1v) is 7.61. The zero-order valence-electron chi connectivity index (χ0n) is 12.9. The molecule has 0 aliphatic rings. The van der Waals surface area contributed by atoms with Crippen molar-refractivity contribution in [2.24, 2.45) is 0 Å². The van der Waals surface area contributed by atoms with E-state index >= 15 is 0 Å². The van der Waals surface area contributed by atoms with Crippen LogP contribution in [0.5, 0.6) is 17.2 Å². The molecular weight excluding hydrogens is 286 g/mol. The number of methoxy groups -OCH3 is 3. The van der Waals surface area contributed by atoms with Gasteiger partial charge in [0, 0.05) is 18.7 Å². The van der Waals surface area contributed by atoms with Gasteiger partial charge in [-0.2, -0.15) is 11.3 Å². The van der Waals surface area contributed by atoms with Crippen LogP contribution in [-0.2, 0) is 13.1 Å². The van der Waals surface area contributed by atoms with Crippen molar-refractivity contribution in [3.05, 3.63) is 40.1 Å². The van der Waals surface area contributed by atoms with E-state index in [-0.39, 0.29) is 0 Å². The largest absolute Gasteiger partial charge is 0.493 e. The van der Waals surface area contributed by atoms with E-state index in [1.165, 1.54) is 5.56 Å². The number of thiophene rings is 1. The monoisotopic (exact) mass is 307 g/mol. The lowest BCUT2D eigenvalue weighted by Gasteiger charge is -2.20. The molecule has 0 amide bonds. The highest BCUT2D eigenvalue weighted by Crippen LogP contribution is 2.40. The quantitative estimate of drug-likeness (QED) is 0.784. The molecule has 0 saturated carbocycles. The van der Waals surface area contributed by atoms with Gasteiger partial charge in [0.2, 0.25) is 5.75 Å². The second-order valence-corrected chi connectivity index (χ2v) is 5.58. The van der Waals surface area contributed by atoms with Crippen molar-refractivity contribution in [2.75, 3.05) is 28.4 Å². The van der Waals surface area contributed by atoms with Gasteiger partial charge in [-0.1, -0.05) is 6.07 Å². The maximum absolute atomic E-state index is 5.52. The van der Waals surface area contributed by atoms with E-state index in [0.717, 1.165) is 24.4 Å². The number of ether oxygens (including phenoxy) is 3. The van der Waals surface area contributed by atoms with Crippen LogP contribution in [0.4, 0.5) is 0 Å². The lowest BCUT2D eigenvalue weighted by molar-refractivity contribution is 0.296. The molecule has 0 atom stereocenters. The van der Waals surface area contributed by atoms with Gasteiger partial charge in [-0.15, -0.1) is 0 Å². The summed E-state index contributed by atoms with van der Waals surface area (Å²) in [4.78, 5) is 2.24. The number of rotatable bonds is 7. The summed E-state index contributed by atoms with van der Waals surface area (Å²) in [6, 6.07) is 6.08. The summed E-state index contributed by atoms with van der Waals surface area (Å²) >= 11 is 1.72. The molecule has 2 rings (SSSR count). The fourth-order valence-electron chi connectivity index (χ4n) is 2.33. The van der Waals surface area contributed by atoms with Crippen molar-refractivity contribution in [3.8, 4) is 17.2 Å². The first kappa shape index (κ1) is 15.7. The Bertz CT molecular complexity index is 569. The van der Waals surface area contributed by atoms with Crippen LogP contribution in [-0.4, -0.2) is 33.3 Å². The fraction of sp³-hybridized carbons (Fsp3) is 0.375. The van der Waals surface area contributed by atoms with Crippen LogP contribution in [0.1, 0.15) is 11.1 Å². The molecule has 4 nitrogen and oxygen atoms in total. The highest BCUT2D eigenvalue weighted by molar-refractivity contribution is 7.07. The average molecular weight is 307 g/mol. The van der Waals surface area contributed by atoms with E-state index in [4.69, 9.17) is 14.2 Å². The van der Waals surface area contributed by atoms with E-state index in [2.05, 4.69) is 28.8 Å². The molecule has 0 aliphatic heterocycles. The third-order valence-corrected chi connectivity index (χ3v) is 3.99. The summed E-state index contributed by atoms with van der Waals surface area (Å²) in [6.07, 6.45) is 0. The van der Waals surface area contributed by atoms with E-state index in [1.807, 2.05) is 12.1 Å². The number of hydrogen-bond acceptors (Lipinski definition) is 5. The Kier molecular flexibility index (Phi) is 5.47. The Morgan fingerprint density at radius 2 is 1.71 bits per heavy atom. The molecule has 0 N–H and O–H groups in total. The van der Waals surface area contributed by atoms with E-state index in [0.29, 0.717) is 11.5 Å². The highest BCUT2D eigenvalue weighted by atomic mass is 32.1. The molecule has 1 aromatic heterocycles. The average Bonchev–Trinajstić information content (AvgIpc) is 2.99. The van der Waals surface area contributed by atoms with Crippen molar-refractivity contribution in [2.45, 2.75) is 13.1 Å². The Morgan fingerprint density at radius 3 is 2.29 bits per heavy atom. The second-order valence-electron chi connectivity index (χ2n) is 4.80. The molecule has 0 fully saturated rings. The molecule has 0 unspecified atom stereocenters.